The molecule has 23 heavy (non-hydrogen) atoms. The van der Waals surface area contributed by atoms with Gasteiger partial charge in [-0.05, 0) is 18.8 Å². The summed E-state index contributed by atoms with van der Waals surface area (Å²) in [5.41, 5.74) is 0.962. The number of aryl methyl sites for hydroxylation is 1. The smallest absolute Gasteiger partial charge is 0.240 e. The summed E-state index contributed by atoms with van der Waals surface area (Å²) in [4.78, 5) is 17.5. The lowest BCUT2D eigenvalue weighted by molar-refractivity contribution is -0.142. The first-order chi connectivity index (χ1) is 11.0. The van der Waals surface area contributed by atoms with Crippen molar-refractivity contribution in [2.24, 2.45) is 13.0 Å². The van der Waals surface area contributed by atoms with Crippen molar-refractivity contribution in [3.05, 3.63) is 18.0 Å². The molecule has 3 heterocycles. The van der Waals surface area contributed by atoms with Crippen LogP contribution in [0.1, 0.15) is 32.3 Å². The van der Waals surface area contributed by atoms with Crippen molar-refractivity contribution in [2.45, 2.75) is 38.8 Å². The zero-order valence-corrected chi connectivity index (χ0v) is 14.6. The van der Waals surface area contributed by atoms with Crippen molar-refractivity contribution in [1.82, 2.24) is 24.9 Å². The Morgan fingerprint density at radius 3 is 2.65 bits per heavy atom. The zero-order valence-electron chi connectivity index (χ0n) is 14.6. The second-order valence-electron chi connectivity index (χ2n) is 7.43. The summed E-state index contributed by atoms with van der Waals surface area (Å²) in [7, 11) is 1.95. The van der Waals surface area contributed by atoms with Gasteiger partial charge in [0.05, 0.1) is 6.20 Å². The highest BCUT2D eigenvalue weighted by molar-refractivity contribution is 5.87. The molecule has 1 N–H and O–H groups in total. The number of nitrogens with one attached hydrogen (secondary N) is 1. The van der Waals surface area contributed by atoms with Crippen molar-refractivity contribution in [3.8, 4) is 0 Å². The van der Waals surface area contributed by atoms with E-state index in [2.05, 4.69) is 40.3 Å². The van der Waals surface area contributed by atoms with E-state index in [4.69, 9.17) is 0 Å². The van der Waals surface area contributed by atoms with Gasteiger partial charge in [-0.3, -0.25) is 19.3 Å². The molecular formula is C17H29N5O. The number of rotatable bonds is 4. The SMILES string of the molecule is CC(C)CN1CCNC(=O)C12CCN(Cc1cnn(C)c1)CC2. The van der Waals surface area contributed by atoms with E-state index < -0.39 is 0 Å². The van der Waals surface area contributed by atoms with Gasteiger partial charge in [0.2, 0.25) is 5.91 Å². The van der Waals surface area contributed by atoms with Gasteiger partial charge >= 0.3 is 0 Å². The first-order valence-corrected chi connectivity index (χ1v) is 8.73. The van der Waals surface area contributed by atoms with Crippen LogP contribution in [0.25, 0.3) is 0 Å². The van der Waals surface area contributed by atoms with Crippen molar-refractivity contribution in [1.29, 1.82) is 0 Å². The monoisotopic (exact) mass is 319 g/mol. The van der Waals surface area contributed by atoms with Gasteiger partial charge in [0, 0.05) is 58.1 Å². The van der Waals surface area contributed by atoms with Crippen LogP contribution in [-0.2, 0) is 18.4 Å². The summed E-state index contributed by atoms with van der Waals surface area (Å²) in [5, 5.41) is 7.34. The molecule has 0 unspecified atom stereocenters. The van der Waals surface area contributed by atoms with Crippen molar-refractivity contribution >= 4 is 5.91 Å². The van der Waals surface area contributed by atoms with Gasteiger partial charge in [0.1, 0.15) is 5.54 Å². The highest BCUT2D eigenvalue weighted by atomic mass is 16.2. The van der Waals surface area contributed by atoms with Gasteiger partial charge < -0.3 is 5.32 Å². The van der Waals surface area contributed by atoms with E-state index in [0.717, 1.165) is 52.1 Å². The summed E-state index contributed by atoms with van der Waals surface area (Å²) in [6.45, 7) is 10.1. The molecule has 128 valence electrons. The average Bonchev–Trinajstić information content (AvgIpc) is 2.91. The van der Waals surface area contributed by atoms with Crippen LogP contribution in [0, 0.1) is 5.92 Å². The molecule has 6 heteroatoms. The molecule has 1 amide bonds. The van der Waals surface area contributed by atoms with Crippen LogP contribution in [-0.4, -0.2) is 63.8 Å². The maximum atomic E-state index is 12.6. The number of nitrogens with zero attached hydrogens (tertiary/aromatic N) is 4. The van der Waals surface area contributed by atoms with Crippen LogP contribution >= 0.6 is 0 Å². The van der Waals surface area contributed by atoms with E-state index in [0.29, 0.717) is 5.92 Å². The molecule has 1 aromatic heterocycles. The number of hydrogen-bond donors (Lipinski definition) is 1. The third kappa shape index (κ3) is 3.43. The van der Waals surface area contributed by atoms with Gasteiger partial charge in [0.25, 0.3) is 0 Å². The number of likely N-dealkylation sites (tertiary alicyclic amines) is 1. The molecule has 0 aromatic carbocycles. The summed E-state index contributed by atoms with van der Waals surface area (Å²) in [6.07, 6.45) is 5.85. The molecule has 0 radical (unpaired) electrons. The third-order valence-electron chi connectivity index (χ3n) is 5.13. The number of piperazine rings is 1. The fourth-order valence-corrected chi connectivity index (χ4v) is 3.97. The predicted octanol–water partition coefficient (Wildman–Crippen LogP) is 0.843. The van der Waals surface area contributed by atoms with E-state index in [9.17, 15) is 4.79 Å². The van der Waals surface area contributed by atoms with Crippen LogP contribution < -0.4 is 5.32 Å². The minimum atomic E-state index is -0.284. The van der Waals surface area contributed by atoms with Crippen LogP contribution in [0.3, 0.4) is 0 Å². The van der Waals surface area contributed by atoms with Gasteiger partial charge in [0.15, 0.2) is 0 Å². The Bertz CT molecular complexity index is 545. The van der Waals surface area contributed by atoms with E-state index in [-0.39, 0.29) is 11.4 Å². The van der Waals surface area contributed by atoms with Crippen LogP contribution in [0.4, 0.5) is 0 Å². The van der Waals surface area contributed by atoms with Gasteiger partial charge in [-0.25, -0.2) is 0 Å². The van der Waals surface area contributed by atoms with E-state index in [1.807, 2.05) is 17.9 Å². The standard InChI is InChI=1S/C17H29N5O/c1-14(2)11-22-9-6-18-16(23)17(22)4-7-21(8-5-17)13-15-10-19-20(3)12-15/h10,12,14H,4-9,11,13H2,1-3H3,(H,18,23). The van der Waals surface area contributed by atoms with Gasteiger partial charge in [-0.15, -0.1) is 0 Å². The summed E-state index contributed by atoms with van der Waals surface area (Å²) < 4.78 is 1.85. The predicted molar refractivity (Wildman–Crippen MR) is 89.9 cm³/mol. The van der Waals surface area contributed by atoms with Crippen LogP contribution in [0.5, 0.6) is 0 Å². The largest absolute Gasteiger partial charge is 0.353 e. The fraction of sp³-hybridized carbons (Fsp3) is 0.765. The summed E-state index contributed by atoms with van der Waals surface area (Å²) in [6, 6.07) is 0. The molecule has 3 rings (SSSR count). The molecule has 0 bridgehead atoms. The Labute approximate surface area is 138 Å². The van der Waals surface area contributed by atoms with Gasteiger partial charge in [-0.1, -0.05) is 13.8 Å². The normalized spacial score (nSPS) is 22.7. The number of aromatic nitrogens is 2. The second kappa shape index (κ2) is 6.61. The minimum absolute atomic E-state index is 0.241. The molecule has 2 aliphatic heterocycles. The summed E-state index contributed by atoms with van der Waals surface area (Å²) >= 11 is 0. The molecule has 6 nitrogen and oxygen atoms in total. The topological polar surface area (TPSA) is 53.4 Å². The molecule has 1 aromatic rings. The highest BCUT2D eigenvalue weighted by Crippen LogP contribution is 2.32. The highest BCUT2D eigenvalue weighted by Gasteiger charge is 2.47. The second-order valence-corrected chi connectivity index (χ2v) is 7.43. The van der Waals surface area contributed by atoms with E-state index >= 15 is 0 Å². The van der Waals surface area contributed by atoms with Crippen molar-refractivity contribution in [2.75, 3.05) is 32.7 Å². The lowest BCUT2D eigenvalue weighted by Gasteiger charge is -2.50. The molecule has 0 atom stereocenters. The number of amides is 1. The average molecular weight is 319 g/mol. The molecule has 1 spiro atoms. The Morgan fingerprint density at radius 2 is 2.04 bits per heavy atom. The van der Waals surface area contributed by atoms with Gasteiger partial charge in [-0.2, -0.15) is 5.10 Å². The molecule has 2 aliphatic rings. The lowest BCUT2D eigenvalue weighted by Crippen LogP contribution is -2.68. The molecule has 2 saturated heterocycles. The molecular weight excluding hydrogens is 290 g/mol. The number of hydrogen-bond acceptors (Lipinski definition) is 4. The van der Waals surface area contributed by atoms with Crippen molar-refractivity contribution < 1.29 is 4.79 Å². The third-order valence-corrected chi connectivity index (χ3v) is 5.13. The van der Waals surface area contributed by atoms with Crippen LogP contribution in [0.15, 0.2) is 12.4 Å². The zero-order chi connectivity index (χ0) is 16.4. The number of carbonyl (C=O) groups excluding carboxylic acids is 1. The lowest BCUT2D eigenvalue weighted by atomic mass is 9.82. The number of piperidine rings is 1. The Morgan fingerprint density at radius 1 is 1.30 bits per heavy atom. The maximum Gasteiger partial charge on any atom is 0.240 e. The molecule has 0 aliphatic carbocycles. The Balaban J connectivity index is 1.65. The number of carbonyl (C=O) groups is 1. The van der Waals surface area contributed by atoms with E-state index in [1.165, 1.54) is 5.56 Å². The Hall–Kier alpha value is -1.40. The first-order valence-electron chi connectivity index (χ1n) is 8.73. The Kier molecular flexibility index (Phi) is 4.73. The fourth-order valence-electron chi connectivity index (χ4n) is 3.97. The van der Waals surface area contributed by atoms with Crippen molar-refractivity contribution in [3.63, 3.8) is 0 Å². The summed E-state index contributed by atoms with van der Waals surface area (Å²) in [5.74, 6) is 0.830. The molecule has 2 fully saturated rings. The quantitative estimate of drug-likeness (QED) is 0.894. The minimum Gasteiger partial charge on any atom is -0.353 e. The van der Waals surface area contributed by atoms with Crippen LogP contribution in [0.2, 0.25) is 0 Å². The van der Waals surface area contributed by atoms with E-state index in [1.54, 1.807) is 0 Å². The first kappa shape index (κ1) is 16.5. The maximum absolute atomic E-state index is 12.6. The molecule has 0 saturated carbocycles.